The lowest BCUT2D eigenvalue weighted by Gasteiger charge is -2.29. The lowest BCUT2D eigenvalue weighted by molar-refractivity contribution is 0.566. The van der Waals surface area contributed by atoms with E-state index in [4.69, 9.17) is 11.6 Å². The summed E-state index contributed by atoms with van der Waals surface area (Å²) in [6.45, 7) is 9.54. The number of thiazole rings is 1. The maximum absolute atomic E-state index is 5.89. The number of rotatable bonds is 6. The van der Waals surface area contributed by atoms with E-state index in [0.29, 0.717) is 11.9 Å². The van der Waals surface area contributed by atoms with Crippen molar-refractivity contribution in [2.75, 3.05) is 17.3 Å². The van der Waals surface area contributed by atoms with Crippen LogP contribution in [-0.4, -0.2) is 23.5 Å². The number of halogens is 1. The van der Waals surface area contributed by atoms with Gasteiger partial charge >= 0.3 is 0 Å². The largest absolute Gasteiger partial charge is 0.344 e. The third-order valence-corrected chi connectivity index (χ3v) is 4.25. The molecule has 1 heterocycles. The molecular weight excluding hydrogens is 240 g/mol. The van der Waals surface area contributed by atoms with Crippen LogP contribution < -0.4 is 4.90 Å². The molecule has 0 N–H and O–H groups in total. The molecule has 0 saturated heterocycles. The van der Waals surface area contributed by atoms with Crippen LogP contribution in [0.4, 0.5) is 5.13 Å². The minimum absolute atomic E-state index is 0.559. The van der Waals surface area contributed by atoms with E-state index < -0.39 is 0 Å². The van der Waals surface area contributed by atoms with Gasteiger partial charge in [0.1, 0.15) is 0 Å². The van der Waals surface area contributed by atoms with Crippen LogP contribution in [0, 0.1) is 13.8 Å². The monoisotopic (exact) mass is 260 g/mol. The first-order valence-corrected chi connectivity index (χ1v) is 7.25. The number of hydrogen-bond acceptors (Lipinski definition) is 3. The summed E-state index contributed by atoms with van der Waals surface area (Å²) < 4.78 is 0. The first-order chi connectivity index (χ1) is 7.63. The second-order valence-electron chi connectivity index (χ2n) is 3.99. The number of hydrogen-bond donors (Lipinski definition) is 0. The fourth-order valence-electron chi connectivity index (χ4n) is 1.83. The van der Waals surface area contributed by atoms with Gasteiger partial charge < -0.3 is 4.90 Å². The van der Waals surface area contributed by atoms with Crippen molar-refractivity contribution >= 4 is 28.1 Å². The van der Waals surface area contributed by atoms with Gasteiger partial charge in [-0.3, -0.25) is 0 Å². The van der Waals surface area contributed by atoms with Gasteiger partial charge in [0.25, 0.3) is 0 Å². The summed E-state index contributed by atoms with van der Waals surface area (Å²) in [6.07, 6.45) is 2.29. The minimum Gasteiger partial charge on any atom is -0.344 e. The normalized spacial score (nSPS) is 11.1. The molecule has 0 amide bonds. The molecule has 4 heteroatoms. The topological polar surface area (TPSA) is 16.1 Å². The molecule has 2 nitrogen and oxygen atoms in total. The van der Waals surface area contributed by atoms with Gasteiger partial charge in [0, 0.05) is 23.3 Å². The van der Waals surface area contributed by atoms with Crippen molar-refractivity contribution in [2.45, 2.75) is 46.6 Å². The molecule has 1 rings (SSSR count). The van der Waals surface area contributed by atoms with Crippen LogP contribution in [0.2, 0.25) is 0 Å². The molecule has 1 aromatic rings. The molecule has 0 saturated carbocycles. The molecule has 0 aliphatic heterocycles. The van der Waals surface area contributed by atoms with Gasteiger partial charge in [-0.2, -0.15) is 0 Å². The van der Waals surface area contributed by atoms with Gasteiger partial charge in [0.05, 0.1) is 5.69 Å². The Bertz CT molecular complexity index is 301. The second-order valence-corrected chi connectivity index (χ2v) is 5.55. The average molecular weight is 261 g/mol. The molecule has 0 spiro atoms. The van der Waals surface area contributed by atoms with Crippen LogP contribution in [0.1, 0.15) is 37.3 Å². The van der Waals surface area contributed by atoms with Crippen molar-refractivity contribution in [3.05, 3.63) is 10.6 Å². The zero-order valence-corrected chi connectivity index (χ0v) is 12.2. The summed E-state index contributed by atoms with van der Waals surface area (Å²) in [4.78, 5) is 8.30. The van der Waals surface area contributed by atoms with Gasteiger partial charge in [-0.1, -0.05) is 13.8 Å². The average Bonchev–Trinajstić information content (AvgIpc) is 2.59. The molecular formula is C12H21ClN2S. The lowest BCUT2D eigenvalue weighted by atomic mass is 10.1. The molecule has 0 aliphatic carbocycles. The first kappa shape index (κ1) is 13.8. The van der Waals surface area contributed by atoms with Gasteiger partial charge in [-0.15, -0.1) is 22.9 Å². The van der Waals surface area contributed by atoms with Crippen molar-refractivity contribution in [2.24, 2.45) is 0 Å². The summed E-state index contributed by atoms with van der Waals surface area (Å²) in [5, 5.41) is 1.13. The van der Waals surface area contributed by atoms with Crippen LogP contribution in [0.15, 0.2) is 0 Å². The van der Waals surface area contributed by atoms with E-state index in [2.05, 4.69) is 37.6 Å². The van der Waals surface area contributed by atoms with Crippen LogP contribution in [0.3, 0.4) is 0 Å². The molecule has 0 bridgehead atoms. The SMILES string of the molecule is CCC(CC)N(CCCl)c1nc(C)c(C)s1. The van der Waals surface area contributed by atoms with E-state index in [1.807, 2.05) is 0 Å². The van der Waals surface area contributed by atoms with Crippen LogP contribution in [0.5, 0.6) is 0 Å². The number of aryl methyl sites for hydroxylation is 2. The highest BCUT2D eigenvalue weighted by Crippen LogP contribution is 2.28. The lowest BCUT2D eigenvalue weighted by Crippen LogP contribution is -2.36. The van der Waals surface area contributed by atoms with Gasteiger partial charge in [-0.25, -0.2) is 4.98 Å². The number of alkyl halides is 1. The predicted molar refractivity (Wildman–Crippen MR) is 74.0 cm³/mol. The highest BCUT2D eigenvalue weighted by Gasteiger charge is 2.18. The number of anilines is 1. The summed E-state index contributed by atoms with van der Waals surface area (Å²) >= 11 is 7.66. The summed E-state index contributed by atoms with van der Waals surface area (Å²) in [5.41, 5.74) is 1.14. The molecule has 1 aromatic heterocycles. The molecule has 0 atom stereocenters. The van der Waals surface area contributed by atoms with E-state index in [1.165, 1.54) is 4.88 Å². The van der Waals surface area contributed by atoms with Crippen molar-refractivity contribution < 1.29 is 0 Å². The fourth-order valence-corrected chi connectivity index (χ4v) is 3.02. The van der Waals surface area contributed by atoms with Gasteiger partial charge in [-0.05, 0) is 26.7 Å². The fraction of sp³-hybridized carbons (Fsp3) is 0.750. The Hall–Kier alpha value is -0.280. The van der Waals surface area contributed by atoms with E-state index in [-0.39, 0.29) is 0 Å². The molecule has 16 heavy (non-hydrogen) atoms. The smallest absolute Gasteiger partial charge is 0.186 e. The maximum Gasteiger partial charge on any atom is 0.186 e. The third kappa shape index (κ3) is 3.11. The van der Waals surface area contributed by atoms with Crippen molar-refractivity contribution in [3.63, 3.8) is 0 Å². The Balaban J connectivity index is 2.91. The quantitative estimate of drug-likeness (QED) is 0.719. The Morgan fingerprint density at radius 3 is 2.31 bits per heavy atom. The standard InChI is InChI=1S/C12H21ClN2S/c1-5-11(6-2)15(8-7-13)12-14-9(3)10(4)16-12/h11H,5-8H2,1-4H3. The first-order valence-electron chi connectivity index (χ1n) is 5.90. The Labute approximate surface area is 108 Å². The molecule has 0 fully saturated rings. The highest BCUT2D eigenvalue weighted by atomic mass is 35.5. The molecule has 0 radical (unpaired) electrons. The van der Waals surface area contributed by atoms with Crippen LogP contribution in [-0.2, 0) is 0 Å². The summed E-state index contributed by atoms with van der Waals surface area (Å²) in [6, 6.07) is 0.559. The number of aromatic nitrogens is 1. The van der Waals surface area contributed by atoms with E-state index in [1.54, 1.807) is 11.3 Å². The zero-order chi connectivity index (χ0) is 12.1. The third-order valence-electron chi connectivity index (χ3n) is 2.97. The minimum atomic E-state index is 0.559. The van der Waals surface area contributed by atoms with Crippen LogP contribution in [0.25, 0.3) is 0 Å². The molecule has 92 valence electrons. The molecule has 0 unspecified atom stereocenters. The van der Waals surface area contributed by atoms with Crippen LogP contribution >= 0.6 is 22.9 Å². The Morgan fingerprint density at radius 1 is 1.31 bits per heavy atom. The van der Waals surface area contributed by atoms with Crippen molar-refractivity contribution in [3.8, 4) is 0 Å². The highest BCUT2D eigenvalue weighted by molar-refractivity contribution is 7.15. The number of nitrogens with zero attached hydrogens (tertiary/aromatic N) is 2. The van der Waals surface area contributed by atoms with E-state index in [0.717, 1.165) is 30.2 Å². The Morgan fingerprint density at radius 2 is 1.94 bits per heavy atom. The van der Waals surface area contributed by atoms with Crippen molar-refractivity contribution in [1.29, 1.82) is 0 Å². The Kier molecular flexibility index (Phi) is 5.56. The van der Waals surface area contributed by atoms with Gasteiger partial charge in [0.15, 0.2) is 5.13 Å². The summed E-state index contributed by atoms with van der Waals surface area (Å²) in [5.74, 6) is 0.661. The molecule has 0 aliphatic rings. The van der Waals surface area contributed by atoms with Crippen molar-refractivity contribution in [1.82, 2.24) is 4.98 Å². The predicted octanol–water partition coefficient (Wildman–Crippen LogP) is 3.99. The maximum atomic E-state index is 5.89. The van der Waals surface area contributed by atoms with E-state index >= 15 is 0 Å². The van der Waals surface area contributed by atoms with Gasteiger partial charge in [0.2, 0.25) is 0 Å². The second kappa shape index (κ2) is 6.45. The summed E-state index contributed by atoms with van der Waals surface area (Å²) in [7, 11) is 0. The molecule has 0 aromatic carbocycles. The zero-order valence-electron chi connectivity index (χ0n) is 10.6. The van der Waals surface area contributed by atoms with E-state index in [9.17, 15) is 0 Å².